The van der Waals surface area contributed by atoms with Crippen LogP contribution in [0.5, 0.6) is 11.6 Å². The van der Waals surface area contributed by atoms with Crippen LogP contribution in [0.2, 0.25) is 0 Å². The van der Waals surface area contributed by atoms with Crippen LogP contribution in [-0.2, 0) is 15.8 Å². The number of pyridine rings is 1. The number of benzene rings is 1. The molecule has 14 heteroatoms. The van der Waals surface area contributed by atoms with Crippen LogP contribution in [0, 0.1) is 0 Å². The van der Waals surface area contributed by atoms with Gasteiger partial charge in [-0.05, 0) is 85.6 Å². The summed E-state index contributed by atoms with van der Waals surface area (Å²) in [6, 6.07) is 4.45. The van der Waals surface area contributed by atoms with Crippen molar-refractivity contribution in [3.8, 4) is 11.6 Å². The van der Waals surface area contributed by atoms with Gasteiger partial charge in [0.05, 0.1) is 17.7 Å². The summed E-state index contributed by atoms with van der Waals surface area (Å²) in [6.07, 6.45) is -0.165. The van der Waals surface area contributed by atoms with E-state index in [0.717, 1.165) is 23.8 Å². The number of hydrogen-bond donors (Lipinski definition) is 1. The maximum Gasteiger partial charge on any atom is 0.421 e. The Balaban J connectivity index is 1.16. The number of carbonyl (C=O) groups is 4. The van der Waals surface area contributed by atoms with Gasteiger partial charge < -0.3 is 9.47 Å². The van der Waals surface area contributed by atoms with Crippen LogP contribution in [-0.4, -0.2) is 69.9 Å². The summed E-state index contributed by atoms with van der Waals surface area (Å²) in [6.45, 7) is 2.97. The molecule has 3 aliphatic heterocycles. The van der Waals surface area contributed by atoms with Gasteiger partial charge in [0.15, 0.2) is 6.23 Å². The van der Waals surface area contributed by atoms with Gasteiger partial charge in [-0.15, -0.1) is 0 Å². The number of amides is 4. The molecule has 0 saturated carbocycles. The van der Waals surface area contributed by atoms with Crippen molar-refractivity contribution >= 4 is 39.6 Å². The Morgan fingerprint density at radius 2 is 1.86 bits per heavy atom. The SMILES string of the molecule is CC(CCCOc1ccc2c(c1)C(=O)N(C1CCC(=O)NC1=O)C2=O)N1CCCCC1Oc1ncc(Br)cc1C(F)(F)F. The molecule has 10 nitrogen and oxygen atoms in total. The molecular weight excluding hydrogens is 637 g/mol. The molecule has 2 aromatic rings. The van der Waals surface area contributed by atoms with Crippen LogP contribution in [0.25, 0.3) is 0 Å². The number of nitrogens with one attached hydrogen (secondary N) is 1. The van der Waals surface area contributed by atoms with E-state index in [2.05, 4.69) is 31.1 Å². The van der Waals surface area contributed by atoms with Gasteiger partial charge >= 0.3 is 6.18 Å². The summed E-state index contributed by atoms with van der Waals surface area (Å²) in [5.74, 6) is -2.37. The molecule has 1 aromatic carbocycles. The van der Waals surface area contributed by atoms with Crippen molar-refractivity contribution in [1.82, 2.24) is 20.1 Å². The van der Waals surface area contributed by atoms with Crippen molar-refractivity contribution in [3.63, 3.8) is 0 Å². The Morgan fingerprint density at radius 3 is 2.60 bits per heavy atom. The molecule has 1 aromatic heterocycles. The highest BCUT2D eigenvalue weighted by Crippen LogP contribution is 2.38. The predicted octanol–water partition coefficient (Wildman–Crippen LogP) is 4.70. The first-order valence-corrected chi connectivity index (χ1v) is 14.9. The number of ether oxygens (including phenoxy) is 2. The van der Waals surface area contributed by atoms with Gasteiger partial charge in [-0.25, -0.2) is 4.98 Å². The first kappa shape index (κ1) is 30.9. The van der Waals surface area contributed by atoms with Crippen LogP contribution in [0.4, 0.5) is 13.2 Å². The van der Waals surface area contributed by atoms with Crippen LogP contribution < -0.4 is 14.8 Å². The van der Waals surface area contributed by atoms with E-state index < -0.39 is 53.5 Å². The lowest BCUT2D eigenvalue weighted by atomic mass is 10.0. The van der Waals surface area contributed by atoms with Crippen LogP contribution in [0.15, 0.2) is 34.9 Å². The standard InChI is InChI=1S/C29H30BrF3N4O6/c1-16(36-11-3-2-6-24(36)43-26-21(29(31,32)33)13-17(30)15-34-26)5-4-12-42-18-7-8-19-20(14-18)28(41)37(27(19)40)22-9-10-23(38)35-25(22)39/h7-8,13-16,22,24H,2-6,9-12H2,1H3,(H,35,38,39). The molecule has 0 aliphatic carbocycles. The molecule has 0 bridgehead atoms. The van der Waals surface area contributed by atoms with Crippen LogP contribution in [0.3, 0.4) is 0 Å². The minimum absolute atomic E-state index is 0.0139. The van der Waals surface area contributed by atoms with E-state index in [1.165, 1.54) is 18.3 Å². The lowest BCUT2D eigenvalue weighted by Crippen LogP contribution is -2.54. The third kappa shape index (κ3) is 6.69. The Labute approximate surface area is 254 Å². The maximum atomic E-state index is 13.6. The Kier molecular flexibility index (Phi) is 9.07. The lowest BCUT2D eigenvalue weighted by Gasteiger charge is -2.39. The van der Waals surface area contributed by atoms with E-state index in [1.54, 1.807) is 6.07 Å². The summed E-state index contributed by atoms with van der Waals surface area (Å²) in [4.78, 5) is 56.5. The highest BCUT2D eigenvalue weighted by molar-refractivity contribution is 9.10. The second-order valence-corrected chi connectivity index (χ2v) is 11.7. The first-order valence-electron chi connectivity index (χ1n) is 14.1. The van der Waals surface area contributed by atoms with Gasteiger partial charge in [-0.2, -0.15) is 13.2 Å². The molecule has 3 atom stereocenters. The predicted molar refractivity (Wildman–Crippen MR) is 149 cm³/mol. The number of halogens is 4. The minimum Gasteiger partial charge on any atom is -0.494 e. The van der Waals surface area contributed by atoms with Crippen molar-refractivity contribution in [2.45, 2.75) is 76.4 Å². The monoisotopic (exact) mass is 666 g/mol. The molecule has 43 heavy (non-hydrogen) atoms. The molecule has 4 amide bonds. The number of imide groups is 2. The van der Waals surface area contributed by atoms with Crippen molar-refractivity contribution in [2.24, 2.45) is 0 Å². The third-order valence-electron chi connectivity index (χ3n) is 7.87. The third-order valence-corrected chi connectivity index (χ3v) is 8.30. The highest BCUT2D eigenvalue weighted by Gasteiger charge is 2.45. The molecule has 230 valence electrons. The fourth-order valence-electron chi connectivity index (χ4n) is 5.68. The molecule has 3 unspecified atom stereocenters. The fourth-order valence-corrected chi connectivity index (χ4v) is 6.01. The van der Waals surface area contributed by atoms with E-state index in [0.29, 0.717) is 38.2 Å². The molecule has 0 spiro atoms. The number of alkyl halides is 3. The average Bonchev–Trinajstić information content (AvgIpc) is 3.20. The van der Waals surface area contributed by atoms with Gasteiger partial charge in [0.25, 0.3) is 11.8 Å². The molecular formula is C29H30BrF3N4O6. The Bertz CT molecular complexity index is 1440. The number of aromatic nitrogens is 1. The van der Waals surface area contributed by atoms with Gasteiger partial charge in [-0.3, -0.25) is 34.3 Å². The quantitative estimate of drug-likeness (QED) is 0.302. The molecule has 3 aliphatic rings. The van der Waals surface area contributed by atoms with Gasteiger partial charge in [-0.1, -0.05) is 0 Å². The highest BCUT2D eigenvalue weighted by atomic mass is 79.9. The zero-order chi connectivity index (χ0) is 30.9. The van der Waals surface area contributed by atoms with Gasteiger partial charge in [0.1, 0.15) is 17.4 Å². The smallest absolute Gasteiger partial charge is 0.421 e. The fraction of sp³-hybridized carbons (Fsp3) is 0.483. The number of carbonyl (C=O) groups excluding carboxylic acids is 4. The van der Waals surface area contributed by atoms with E-state index in [1.807, 2.05) is 6.92 Å². The number of hydrogen-bond acceptors (Lipinski definition) is 8. The topological polar surface area (TPSA) is 118 Å². The van der Waals surface area contributed by atoms with E-state index in [-0.39, 0.29) is 34.5 Å². The number of likely N-dealkylation sites (tertiary alicyclic amines) is 1. The van der Waals surface area contributed by atoms with Crippen LogP contribution >= 0.6 is 15.9 Å². The second-order valence-electron chi connectivity index (χ2n) is 10.8. The summed E-state index contributed by atoms with van der Waals surface area (Å²) in [5, 5.41) is 2.17. The molecule has 0 radical (unpaired) electrons. The van der Waals surface area contributed by atoms with E-state index >= 15 is 0 Å². The molecule has 4 heterocycles. The number of rotatable bonds is 9. The van der Waals surface area contributed by atoms with Gasteiger partial charge in [0.2, 0.25) is 17.7 Å². The first-order chi connectivity index (χ1) is 20.4. The summed E-state index contributed by atoms with van der Waals surface area (Å²) in [5.41, 5.74) is -0.627. The van der Waals surface area contributed by atoms with E-state index in [9.17, 15) is 32.3 Å². The van der Waals surface area contributed by atoms with Crippen molar-refractivity contribution < 1.29 is 41.8 Å². The lowest BCUT2D eigenvalue weighted by molar-refractivity contribution is -0.141. The maximum absolute atomic E-state index is 13.6. The summed E-state index contributed by atoms with van der Waals surface area (Å²) in [7, 11) is 0. The van der Waals surface area contributed by atoms with Crippen molar-refractivity contribution in [3.05, 3.63) is 51.6 Å². The van der Waals surface area contributed by atoms with Crippen molar-refractivity contribution in [2.75, 3.05) is 13.2 Å². The zero-order valence-corrected chi connectivity index (χ0v) is 24.9. The number of fused-ring (bicyclic) bond motifs is 1. The molecule has 1 N–H and O–H groups in total. The molecule has 2 saturated heterocycles. The van der Waals surface area contributed by atoms with Crippen molar-refractivity contribution in [1.29, 1.82) is 0 Å². The van der Waals surface area contributed by atoms with E-state index in [4.69, 9.17) is 9.47 Å². The Morgan fingerprint density at radius 1 is 1.09 bits per heavy atom. The Hall–Kier alpha value is -3.52. The second kappa shape index (κ2) is 12.6. The van der Waals surface area contributed by atoms with Gasteiger partial charge in [0, 0.05) is 29.7 Å². The van der Waals surface area contributed by atoms with Crippen LogP contribution in [0.1, 0.15) is 78.1 Å². The molecule has 2 fully saturated rings. The minimum atomic E-state index is -4.60. The zero-order valence-electron chi connectivity index (χ0n) is 23.3. The summed E-state index contributed by atoms with van der Waals surface area (Å²) >= 11 is 3.05. The largest absolute Gasteiger partial charge is 0.494 e. The number of nitrogens with zero attached hydrogens (tertiary/aromatic N) is 3. The normalized spacial score (nSPS) is 21.9. The average molecular weight is 667 g/mol. The molecule has 5 rings (SSSR count). The summed E-state index contributed by atoms with van der Waals surface area (Å²) < 4.78 is 52.7. The number of piperidine rings is 2.